The van der Waals surface area contributed by atoms with Gasteiger partial charge >= 0.3 is 0 Å². The Morgan fingerprint density at radius 3 is 1.97 bits per heavy atom. The summed E-state index contributed by atoms with van der Waals surface area (Å²) in [4.78, 5) is 38.8. The first-order valence-corrected chi connectivity index (χ1v) is 11.4. The smallest absolute Gasteiger partial charge is 0.253 e. The summed E-state index contributed by atoms with van der Waals surface area (Å²) in [6, 6.07) is 22.7. The van der Waals surface area contributed by atoms with Crippen LogP contribution in [0.1, 0.15) is 58.7 Å². The number of aryl methyl sites for hydroxylation is 1. The molecular weight excluding hydrogens is 426 g/mol. The van der Waals surface area contributed by atoms with Gasteiger partial charge in [-0.2, -0.15) is 0 Å². The van der Waals surface area contributed by atoms with E-state index in [9.17, 15) is 14.4 Å². The van der Waals surface area contributed by atoms with Crippen LogP contribution in [0.3, 0.4) is 0 Å². The van der Waals surface area contributed by atoms with Crippen LogP contribution < -0.4 is 16.0 Å². The fourth-order valence-corrected chi connectivity index (χ4v) is 3.56. The average Bonchev–Trinajstić information content (AvgIpc) is 2.83. The molecule has 3 aromatic carbocycles. The second-order valence-corrected chi connectivity index (χ2v) is 8.70. The van der Waals surface area contributed by atoms with Crippen LogP contribution in [0.5, 0.6) is 0 Å². The molecule has 0 radical (unpaired) electrons. The van der Waals surface area contributed by atoms with Crippen molar-refractivity contribution in [3.63, 3.8) is 0 Å². The van der Waals surface area contributed by atoms with Gasteiger partial charge in [0.05, 0.1) is 17.3 Å². The maximum Gasteiger partial charge on any atom is 0.253 e. The minimum atomic E-state index is -0.770. The lowest BCUT2D eigenvalue weighted by Crippen LogP contribution is -2.47. The van der Waals surface area contributed by atoms with E-state index < -0.39 is 6.04 Å². The lowest BCUT2D eigenvalue weighted by atomic mass is 10.0. The summed E-state index contributed by atoms with van der Waals surface area (Å²) >= 11 is 0. The number of carbonyl (C=O) groups is 3. The van der Waals surface area contributed by atoms with E-state index in [1.807, 2.05) is 70.2 Å². The molecule has 176 valence electrons. The van der Waals surface area contributed by atoms with Crippen LogP contribution in [0.4, 0.5) is 5.69 Å². The number of anilines is 1. The summed E-state index contributed by atoms with van der Waals surface area (Å²) < 4.78 is 0. The molecule has 3 aromatic rings. The van der Waals surface area contributed by atoms with E-state index in [1.54, 1.807) is 36.4 Å². The number of benzene rings is 3. The van der Waals surface area contributed by atoms with Crippen LogP contribution in [0.25, 0.3) is 0 Å². The lowest BCUT2D eigenvalue weighted by Gasteiger charge is -2.23. The minimum Gasteiger partial charge on any atom is -0.345 e. The Labute approximate surface area is 200 Å². The highest BCUT2D eigenvalue weighted by Crippen LogP contribution is 2.19. The highest BCUT2D eigenvalue weighted by Gasteiger charge is 2.26. The zero-order valence-corrected chi connectivity index (χ0v) is 20.0. The number of carbonyl (C=O) groups excluding carboxylic acids is 3. The van der Waals surface area contributed by atoms with E-state index in [1.165, 1.54) is 0 Å². The fourth-order valence-electron chi connectivity index (χ4n) is 3.56. The van der Waals surface area contributed by atoms with E-state index in [2.05, 4.69) is 16.0 Å². The summed E-state index contributed by atoms with van der Waals surface area (Å²) in [6.07, 6.45) is 0. The molecule has 0 spiro atoms. The molecule has 6 nitrogen and oxygen atoms in total. The molecule has 0 aliphatic heterocycles. The van der Waals surface area contributed by atoms with Crippen molar-refractivity contribution < 1.29 is 14.4 Å². The monoisotopic (exact) mass is 457 g/mol. The van der Waals surface area contributed by atoms with Crippen LogP contribution in [0, 0.1) is 12.8 Å². The predicted octanol–water partition coefficient (Wildman–Crippen LogP) is 4.88. The number of nitrogens with one attached hydrogen (secondary N) is 3. The Morgan fingerprint density at radius 2 is 1.32 bits per heavy atom. The van der Waals surface area contributed by atoms with Crippen LogP contribution >= 0.6 is 0 Å². The molecular formula is C28H31N3O3. The summed E-state index contributed by atoms with van der Waals surface area (Å²) in [7, 11) is 0. The molecule has 0 bridgehead atoms. The van der Waals surface area contributed by atoms with Gasteiger partial charge in [-0.15, -0.1) is 0 Å². The molecule has 0 unspecified atom stereocenters. The van der Waals surface area contributed by atoms with Gasteiger partial charge in [0.25, 0.3) is 11.8 Å². The Bertz CT molecular complexity index is 1140. The molecule has 0 saturated heterocycles. The van der Waals surface area contributed by atoms with Gasteiger partial charge in [-0.1, -0.05) is 74.0 Å². The molecule has 34 heavy (non-hydrogen) atoms. The van der Waals surface area contributed by atoms with Crippen LogP contribution in [-0.4, -0.2) is 23.8 Å². The second kappa shape index (κ2) is 11.3. The van der Waals surface area contributed by atoms with Crippen molar-refractivity contribution in [2.75, 3.05) is 5.32 Å². The van der Waals surface area contributed by atoms with E-state index in [4.69, 9.17) is 0 Å². The lowest BCUT2D eigenvalue weighted by molar-refractivity contribution is -0.118. The maximum atomic E-state index is 13.1. The largest absolute Gasteiger partial charge is 0.345 e. The van der Waals surface area contributed by atoms with Crippen molar-refractivity contribution in [3.05, 3.63) is 101 Å². The van der Waals surface area contributed by atoms with Crippen molar-refractivity contribution in [2.45, 2.75) is 39.8 Å². The molecule has 0 aromatic heterocycles. The van der Waals surface area contributed by atoms with Gasteiger partial charge in [0.15, 0.2) is 0 Å². The first-order chi connectivity index (χ1) is 16.3. The van der Waals surface area contributed by atoms with Gasteiger partial charge in [-0.05, 0) is 49.6 Å². The summed E-state index contributed by atoms with van der Waals surface area (Å²) in [5, 5.41) is 8.64. The van der Waals surface area contributed by atoms with Gasteiger partial charge < -0.3 is 16.0 Å². The zero-order valence-electron chi connectivity index (χ0n) is 20.0. The van der Waals surface area contributed by atoms with Crippen LogP contribution in [-0.2, 0) is 4.79 Å². The van der Waals surface area contributed by atoms with E-state index in [0.717, 1.165) is 11.1 Å². The van der Waals surface area contributed by atoms with Crippen molar-refractivity contribution in [2.24, 2.45) is 5.92 Å². The topological polar surface area (TPSA) is 87.3 Å². The Kier molecular flexibility index (Phi) is 8.19. The molecule has 0 saturated carbocycles. The highest BCUT2D eigenvalue weighted by atomic mass is 16.2. The molecule has 0 aliphatic carbocycles. The molecule has 2 atom stereocenters. The molecule has 0 aliphatic rings. The summed E-state index contributed by atoms with van der Waals surface area (Å²) in [5.41, 5.74) is 3.26. The van der Waals surface area contributed by atoms with E-state index >= 15 is 0 Å². The Hall–Kier alpha value is -3.93. The number of para-hydroxylation sites is 1. The molecule has 3 rings (SSSR count). The molecule has 0 heterocycles. The van der Waals surface area contributed by atoms with Crippen molar-refractivity contribution >= 4 is 23.4 Å². The predicted molar refractivity (Wildman–Crippen MR) is 135 cm³/mol. The zero-order chi connectivity index (χ0) is 24.7. The molecule has 3 amide bonds. The maximum absolute atomic E-state index is 13.1. The quantitative estimate of drug-likeness (QED) is 0.451. The van der Waals surface area contributed by atoms with Gasteiger partial charge in [0, 0.05) is 5.56 Å². The first-order valence-electron chi connectivity index (χ1n) is 11.4. The second-order valence-electron chi connectivity index (χ2n) is 8.70. The molecule has 3 N–H and O–H groups in total. The molecule has 0 fully saturated rings. The Balaban J connectivity index is 1.73. The number of rotatable bonds is 8. The van der Waals surface area contributed by atoms with Gasteiger partial charge in [0.1, 0.15) is 6.04 Å². The molecule has 6 heteroatoms. The fraction of sp³-hybridized carbons (Fsp3) is 0.250. The van der Waals surface area contributed by atoms with Crippen LogP contribution in [0.15, 0.2) is 78.9 Å². The summed E-state index contributed by atoms with van der Waals surface area (Å²) in [5.74, 6) is -1.16. The standard InChI is InChI=1S/C28H31N3O3/c1-18(2)25(31-26(32)22-16-14-19(3)15-17-22)28(34)30-24-13-9-8-12-23(24)27(33)29-20(4)21-10-6-5-7-11-21/h5-18,20,25H,1-4H3,(H,29,33)(H,30,34)(H,31,32)/t20-,25-/m1/s1. The summed E-state index contributed by atoms with van der Waals surface area (Å²) in [6.45, 7) is 7.57. The first kappa shape index (κ1) is 24.7. The van der Waals surface area contributed by atoms with Gasteiger partial charge in [-0.25, -0.2) is 0 Å². The minimum absolute atomic E-state index is 0.159. The number of hydrogen-bond acceptors (Lipinski definition) is 3. The third-order valence-electron chi connectivity index (χ3n) is 5.63. The number of amides is 3. The van der Waals surface area contributed by atoms with Crippen LogP contribution in [0.2, 0.25) is 0 Å². The van der Waals surface area contributed by atoms with Gasteiger partial charge in [0.2, 0.25) is 5.91 Å². The van der Waals surface area contributed by atoms with Crippen molar-refractivity contribution in [3.8, 4) is 0 Å². The SMILES string of the molecule is Cc1ccc(C(=O)N[C@@H](C(=O)Nc2ccccc2C(=O)N[C@H](C)c2ccccc2)C(C)C)cc1. The third kappa shape index (κ3) is 6.32. The van der Waals surface area contributed by atoms with Crippen molar-refractivity contribution in [1.82, 2.24) is 10.6 Å². The van der Waals surface area contributed by atoms with E-state index in [0.29, 0.717) is 16.8 Å². The third-order valence-corrected chi connectivity index (χ3v) is 5.63. The normalized spacial score (nSPS) is 12.5. The van der Waals surface area contributed by atoms with E-state index in [-0.39, 0.29) is 29.7 Å². The highest BCUT2D eigenvalue weighted by molar-refractivity contribution is 6.06. The van der Waals surface area contributed by atoms with Gasteiger partial charge in [-0.3, -0.25) is 14.4 Å². The van der Waals surface area contributed by atoms with Crippen molar-refractivity contribution in [1.29, 1.82) is 0 Å². The average molecular weight is 458 g/mol. The number of hydrogen-bond donors (Lipinski definition) is 3. The Morgan fingerprint density at radius 1 is 0.706 bits per heavy atom.